The predicted molar refractivity (Wildman–Crippen MR) is 86.0 cm³/mol. The Morgan fingerprint density at radius 3 is 2.39 bits per heavy atom. The topological polar surface area (TPSA) is 146 Å². The molecule has 7 N–H and O–H groups in total. The summed E-state index contributed by atoms with van der Waals surface area (Å²) >= 11 is 4.00. The maximum Gasteiger partial charge on any atom is 0.186 e. The van der Waals surface area contributed by atoms with Crippen molar-refractivity contribution < 1.29 is 35.0 Å². The van der Waals surface area contributed by atoms with Crippen LogP contribution >= 0.6 is 12.6 Å². The molecule has 1 rings (SSSR count). The molecular weight excluding hydrogens is 326 g/mol. The number of rotatable bonds is 9. The first-order chi connectivity index (χ1) is 10.8. The van der Waals surface area contributed by atoms with E-state index in [9.17, 15) is 25.5 Å². The lowest BCUT2D eigenvalue weighted by Crippen LogP contribution is -2.59. The van der Waals surface area contributed by atoms with E-state index in [1.165, 1.54) is 0 Å². The number of aliphatic hydroxyl groups excluding tert-OH is 5. The maximum atomic E-state index is 9.94. The molecule has 0 bridgehead atoms. The van der Waals surface area contributed by atoms with E-state index in [-0.39, 0.29) is 12.4 Å². The van der Waals surface area contributed by atoms with Gasteiger partial charge in [0.25, 0.3) is 0 Å². The first kappa shape index (κ1) is 21.1. The van der Waals surface area contributed by atoms with Gasteiger partial charge in [-0.25, -0.2) is 0 Å². The van der Waals surface area contributed by atoms with Crippen LogP contribution in [0.15, 0.2) is 0 Å². The lowest BCUT2D eigenvalue weighted by atomic mass is 9.99. The van der Waals surface area contributed by atoms with Crippen molar-refractivity contribution in [2.75, 3.05) is 12.4 Å². The average molecular weight is 355 g/mol. The highest BCUT2D eigenvalue weighted by Gasteiger charge is 2.44. The summed E-state index contributed by atoms with van der Waals surface area (Å²) < 4.78 is 10.6. The van der Waals surface area contributed by atoms with E-state index in [0.29, 0.717) is 6.42 Å². The lowest BCUT2D eigenvalue weighted by molar-refractivity contribution is -0.293. The van der Waals surface area contributed by atoms with E-state index in [1.807, 2.05) is 6.92 Å². The van der Waals surface area contributed by atoms with E-state index in [1.54, 1.807) is 0 Å². The van der Waals surface area contributed by atoms with Crippen molar-refractivity contribution in [3.8, 4) is 0 Å². The molecule has 9 heteroatoms. The van der Waals surface area contributed by atoms with Gasteiger partial charge in [-0.1, -0.05) is 19.8 Å². The SMILES string of the molecule is CCCCC(O)C(O)C(N)COC1OC(CS)C(O)C(O)C1O. The van der Waals surface area contributed by atoms with E-state index < -0.39 is 49.0 Å². The van der Waals surface area contributed by atoms with Crippen molar-refractivity contribution in [1.82, 2.24) is 0 Å². The first-order valence-corrected chi connectivity index (χ1v) is 8.50. The van der Waals surface area contributed by atoms with Gasteiger partial charge in [-0.05, 0) is 6.42 Å². The second kappa shape index (κ2) is 10.1. The Morgan fingerprint density at radius 1 is 1.17 bits per heavy atom. The number of hydrogen-bond donors (Lipinski definition) is 7. The van der Waals surface area contributed by atoms with Gasteiger partial charge in [0.05, 0.1) is 31.0 Å². The van der Waals surface area contributed by atoms with Crippen LogP contribution in [0.2, 0.25) is 0 Å². The molecule has 8 unspecified atom stereocenters. The summed E-state index contributed by atoms with van der Waals surface area (Å²) in [6, 6.07) is -0.879. The summed E-state index contributed by atoms with van der Waals surface area (Å²) in [4.78, 5) is 0. The summed E-state index contributed by atoms with van der Waals surface area (Å²) in [5.41, 5.74) is 5.78. The lowest BCUT2D eigenvalue weighted by Gasteiger charge is -2.40. The molecule has 0 aromatic heterocycles. The van der Waals surface area contributed by atoms with Gasteiger partial charge in [0.1, 0.15) is 18.3 Å². The van der Waals surface area contributed by atoms with E-state index in [4.69, 9.17) is 15.2 Å². The van der Waals surface area contributed by atoms with Crippen molar-refractivity contribution in [3.05, 3.63) is 0 Å². The number of unbranched alkanes of at least 4 members (excludes halogenated alkanes) is 1. The second-order valence-corrected chi connectivity index (χ2v) is 6.26. The van der Waals surface area contributed by atoms with Crippen molar-refractivity contribution in [1.29, 1.82) is 0 Å². The van der Waals surface area contributed by atoms with Crippen LogP contribution in [-0.2, 0) is 9.47 Å². The summed E-state index contributed by atoms with van der Waals surface area (Å²) in [5, 5.41) is 49.1. The summed E-state index contributed by atoms with van der Waals surface area (Å²) in [5.74, 6) is 0.134. The fraction of sp³-hybridized carbons (Fsp3) is 1.00. The number of hydrogen-bond acceptors (Lipinski definition) is 9. The van der Waals surface area contributed by atoms with Crippen LogP contribution in [0.1, 0.15) is 26.2 Å². The maximum absolute atomic E-state index is 9.94. The van der Waals surface area contributed by atoms with Crippen LogP contribution in [0.4, 0.5) is 0 Å². The Morgan fingerprint density at radius 2 is 1.83 bits per heavy atom. The van der Waals surface area contributed by atoms with Crippen molar-refractivity contribution in [2.24, 2.45) is 5.73 Å². The molecule has 1 saturated heterocycles. The zero-order chi connectivity index (χ0) is 17.6. The van der Waals surface area contributed by atoms with Crippen molar-refractivity contribution >= 4 is 12.6 Å². The highest BCUT2D eigenvalue weighted by atomic mass is 32.1. The Bertz CT molecular complexity index is 336. The van der Waals surface area contributed by atoms with Gasteiger partial charge in [-0.3, -0.25) is 0 Å². The van der Waals surface area contributed by atoms with Crippen LogP contribution in [0.25, 0.3) is 0 Å². The van der Waals surface area contributed by atoms with Gasteiger partial charge in [0.15, 0.2) is 6.29 Å². The van der Waals surface area contributed by atoms with Crippen LogP contribution in [-0.4, -0.2) is 86.8 Å². The third-order valence-corrected chi connectivity index (χ3v) is 4.35. The number of aliphatic hydroxyl groups is 5. The summed E-state index contributed by atoms with van der Waals surface area (Å²) in [6.45, 7) is 1.79. The molecule has 0 spiro atoms. The van der Waals surface area contributed by atoms with E-state index >= 15 is 0 Å². The molecule has 1 fully saturated rings. The van der Waals surface area contributed by atoms with E-state index in [0.717, 1.165) is 12.8 Å². The first-order valence-electron chi connectivity index (χ1n) is 7.87. The Balaban J connectivity index is 2.49. The van der Waals surface area contributed by atoms with Crippen LogP contribution in [0.5, 0.6) is 0 Å². The molecule has 8 atom stereocenters. The predicted octanol–water partition coefficient (Wildman–Crippen LogP) is -2.02. The minimum Gasteiger partial charge on any atom is -0.390 e. The molecule has 0 saturated carbocycles. The fourth-order valence-electron chi connectivity index (χ4n) is 2.38. The largest absolute Gasteiger partial charge is 0.390 e. The molecule has 0 aromatic carbocycles. The monoisotopic (exact) mass is 355 g/mol. The highest BCUT2D eigenvalue weighted by Crippen LogP contribution is 2.23. The fourth-order valence-corrected chi connectivity index (χ4v) is 2.68. The third kappa shape index (κ3) is 5.80. The number of nitrogens with two attached hydrogens (primary N) is 1. The molecule has 0 amide bonds. The highest BCUT2D eigenvalue weighted by molar-refractivity contribution is 7.80. The molecule has 1 aliphatic rings. The molecule has 138 valence electrons. The van der Waals surface area contributed by atoms with Gasteiger partial charge in [0.2, 0.25) is 0 Å². The minimum atomic E-state index is -1.45. The summed E-state index contributed by atoms with van der Waals surface area (Å²) in [7, 11) is 0. The van der Waals surface area contributed by atoms with E-state index in [2.05, 4.69) is 12.6 Å². The molecule has 1 aliphatic heterocycles. The number of ether oxygens (including phenoxy) is 2. The van der Waals surface area contributed by atoms with Gasteiger partial charge < -0.3 is 40.7 Å². The Labute approximate surface area is 141 Å². The van der Waals surface area contributed by atoms with Gasteiger partial charge in [-0.15, -0.1) is 0 Å². The third-order valence-electron chi connectivity index (χ3n) is 3.99. The molecule has 0 aliphatic carbocycles. The summed E-state index contributed by atoms with van der Waals surface area (Å²) in [6.07, 6.45) is -6.17. The molecule has 1 heterocycles. The quantitative estimate of drug-likeness (QED) is 0.235. The van der Waals surface area contributed by atoms with Crippen LogP contribution < -0.4 is 5.73 Å². The molecular formula is C14H29NO7S. The standard InChI is InChI=1S/C14H29NO7S/c1-2-3-4-8(16)10(17)7(15)5-21-14-13(20)12(19)11(18)9(6-23)22-14/h7-14,16-20,23H,2-6,15H2,1H3. The zero-order valence-corrected chi connectivity index (χ0v) is 14.1. The molecule has 23 heavy (non-hydrogen) atoms. The Hall–Kier alpha value is 0.0300. The van der Waals surface area contributed by atoms with Gasteiger partial charge >= 0.3 is 0 Å². The van der Waals surface area contributed by atoms with Gasteiger partial charge in [-0.2, -0.15) is 12.6 Å². The number of thiol groups is 1. The van der Waals surface area contributed by atoms with Gasteiger partial charge in [0, 0.05) is 5.75 Å². The van der Waals surface area contributed by atoms with Crippen molar-refractivity contribution in [2.45, 2.75) is 75.1 Å². The smallest absolute Gasteiger partial charge is 0.186 e. The zero-order valence-electron chi connectivity index (χ0n) is 13.2. The molecule has 0 aromatic rings. The minimum absolute atomic E-state index is 0.134. The second-order valence-electron chi connectivity index (χ2n) is 5.89. The normalized spacial score (nSPS) is 35.7. The molecule has 0 radical (unpaired) electrons. The Kier molecular flexibility index (Phi) is 9.27. The molecule has 8 nitrogen and oxygen atoms in total. The van der Waals surface area contributed by atoms with Crippen LogP contribution in [0.3, 0.4) is 0 Å². The van der Waals surface area contributed by atoms with Crippen molar-refractivity contribution in [3.63, 3.8) is 0 Å². The average Bonchev–Trinajstić information content (AvgIpc) is 2.55. The van der Waals surface area contributed by atoms with Crippen LogP contribution in [0, 0.1) is 0 Å².